The summed E-state index contributed by atoms with van der Waals surface area (Å²) < 4.78 is 26.2. The summed E-state index contributed by atoms with van der Waals surface area (Å²) in [4.78, 5) is 11.0. The maximum atomic E-state index is 12.7. The molecule has 2 aromatic carbocycles. The van der Waals surface area contributed by atoms with Crippen LogP contribution in [0.2, 0.25) is 0 Å². The van der Waals surface area contributed by atoms with Crippen molar-refractivity contribution < 1.29 is 13.2 Å². The number of hydrogen-bond donors (Lipinski definition) is 1. The molecule has 0 radical (unpaired) electrons. The van der Waals surface area contributed by atoms with E-state index in [0.717, 1.165) is 10.0 Å². The summed E-state index contributed by atoms with van der Waals surface area (Å²) in [7, 11) is -3.70. The van der Waals surface area contributed by atoms with Crippen molar-refractivity contribution in [1.29, 1.82) is 0 Å². The van der Waals surface area contributed by atoms with Gasteiger partial charge in [0.25, 0.3) is 0 Å². The van der Waals surface area contributed by atoms with E-state index in [2.05, 4.69) is 21.2 Å². The monoisotopic (exact) mass is 367 g/mol. The minimum Gasteiger partial charge on any atom is -0.338 e. The van der Waals surface area contributed by atoms with Crippen molar-refractivity contribution in [2.24, 2.45) is 0 Å². The Bertz CT molecular complexity index is 725. The molecule has 0 saturated heterocycles. The third-order valence-corrected chi connectivity index (χ3v) is 5.54. The van der Waals surface area contributed by atoms with Gasteiger partial charge in [-0.15, -0.1) is 0 Å². The molecule has 0 aliphatic heterocycles. The highest BCUT2D eigenvalue weighted by Crippen LogP contribution is 2.27. The number of benzene rings is 2. The Morgan fingerprint density at radius 2 is 1.62 bits per heavy atom. The molecule has 0 saturated carbocycles. The van der Waals surface area contributed by atoms with Gasteiger partial charge in [-0.2, -0.15) is 0 Å². The van der Waals surface area contributed by atoms with Crippen LogP contribution in [0.4, 0.5) is 0 Å². The molecule has 1 N–H and O–H groups in total. The lowest BCUT2D eigenvalue weighted by Crippen LogP contribution is -2.27. The highest BCUT2D eigenvalue weighted by molar-refractivity contribution is 9.10. The molecule has 2 aromatic rings. The second-order valence-electron chi connectivity index (χ2n) is 4.57. The summed E-state index contributed by atoms with van der Waals surface area (Å²) >= 11 is 3.30. The van der Waals surface area contributed by atoms with Crippen LogP contribution in [-0.2, 0) is 14.6 Å². The first-order chi connectivity index (χ1) is 9.95. The molecule has 0 bridgehead atoms. The third kappa shape index (κ3) is 3.51. The zero-order valence-corrected chi connectivity index (χ0v) is 13.7. The van der Waals surface area contributed by atoms with E-state index >= 15 is 0 Å². The van der Waals surface area contributed by atoms with Gasteiger partial charge in [-0.05, 0) is 36.8 Å². The molecule has 21 heavy (non-hydrogen) atoms. The van der Waals surface area contributed by atoms with E-state index in [9.17, 15) is 13.2 Å². The SMILES string of the molecule is Cc1ccc(S(=O)(=O)C(NC=O)c2ccc(Br)cc2)cc1. The summed E-state index contributed by atoms with van der Waals surface area (Å²) in [6.45, 7) is 1.88. The molecule has 0 fully saturated rings. The Morgan fingerprint density at radius 3 is 2.14 bits per heavy atom. The van der Waals surface area contributed by atoms with Gasteiger partial charge < -0.3 is 5.32 Å². The van der Waals surface area contributed by atoms with Crippen molar-refractivity contribution in [2.45, 2.75) is 17.2 Å². The molecule has 1 amide bonds. The summed E-state index contributed by atoms with van der Waals surface area (Å²) in [5.41, 5.74) is 1.48. The number of carbonyl (C=O) groups excluding carboxylic acids is 1. The maximum absolute atomic E-state index is 12.7. The lowest BCUT2D eigenvalue weighted by atomic mass is 10.2. The molecule has 1 unspecified atom stereocenters. The number of amides is 1. The van der Waals surface area contributed by atoms with Crippen LogP contribution in [0.3, 0.4) is 0 Å². The van der Waals surface area contributed by atoms with Crippen LogP contribution in [0, 0.1) is 6.92 Å². The van der Waals surface area contributed by atoms with Gasteiger partial charge in [-0.1, -0.05) is 45.8 Å². The van der Waals surface area contributed by atoms with Crippen molar-refractivity contribution in [1.82, 2.24) is 5.32 Å². The number of halogens is 1. The first kappa shape index (κ1) is 15.7. The largest absolute Gasteiger partial charge is 0.338 e. The van der Waals surface area contributed by atoms with Gasteiger partial charge in [0.2, 0.25) is 16.2 Å². The van der Waals surface area contributed by atoms with E-state index in [-0.39, 0.29) is 4.90 Å². The predicted molar refractivity (Wildman–Crippen MR) is 84.4 cm³/mol. The zero-order chi connectivity index (χ0) is 15.5. The van der Waals surface area contributed by atoms with Gasteiger partial charge in [0.15, 0.2) is 5.37 Å². The number of hydrogen-bond acceptors (Lipinski definition) is 3. The van der Waals surface area contributed by atoms with Crippen molar-refractivity contribution >= 4 is 32.2 Å². The molecule has 0 aliphatic rings. The van der Waals surface area contributed by atoms with E-state index in [1.807, 2.05) is 6.92 Å². The molecular formula is C15H14BrNO3S. The topological polar surface area (TPSA) is 63.2 Å². The Morgan fingerprint density at radius 1 is 1.05 bits per heavy atom. The Labute approximate surface area is 132 Å². The van der Waals surface area contributed by atoms with Crippen LogP contribution < -0.4 is 5.32 Å². The quantitative estimate of drug-likeness (QED) is 0.826. The minimum atomic E-state index is -3.70. The first-order valence-electron chi connectivity index (χ1n) is 6.21. The van der Waals surface area contributed by atoms with Gasteiger partial charge in [-0.25, -0.2) is 8.42 Å². The van der Waals surface area contributed by atoms with Crippen molar-refractivity contribution in [2.75, 3.05) is 0 Å². The fourth-order valence-electron chi connectivity index (χ4n) is 1.93. The second-order valence-corrected chi connectivity index (χ2v) is 7.52. The Kier molecular flexibility index (Phi) is 4.80. The minimum absolute atomic E-state index is 0.176. The molecule has 0 aliphatic carbocycles. The maximum Gasteiger partial charge on any atom is 0.208 e. The second kappa shape index (κ2) is 6.41. The molecule has 0 heterocycles. The fourth-order valence-corrected chi connectivity index (χ4v) is 3.73. The summed E-state index contributed by atoms with van der Waals surface area (Å²) in [5.74, 6) is 0. The van der Waals surface area contributed by atoms with Crippen molar-refractivity contribution in [3.05, 3.63) is 64.1 Å². The normalized spacial score (nSPS) is 12.7. The highest BCUT2D eigenvalue weighted by Gasteiger charge is 2.28. The lowest BCUT2D eigenvalue weighted by Gasteiger charge is -2.17. The van der Waals surface area contributed by atoms with Crippen molar-refractivity contribution in [3.8, 4) is 0 Å². The molecule has 1 atom stereocenters. The molecule has 0 aromatic heterocycles. The number of rotatable bonds is 5. The van der Waals surface area contributed by atoms with Crippen LogP contribution in [0.1, 0.15) is 16.5 Å². The fraction of sp³-hybridized carbons (Fsp3) is 0.133. The van der Waals surface area contributed by atoms with Gasteiger partial charge in [0.05, 0.1) is 4.90 Å². The molecule has 2 rings (SSSR count). The number of sulfone groups is 1. The number of carbonyl (C=O) groups is 1. The average molecular weight is 368 g/mol. The molecule has 6 heteroatoms. The van der Waals surface area contributed by atoms with Crippen LogP contribution in [-0.4, -0.2) is 14.8 Å². The van der Waals surface area contributed by atoms with Gasteiger partial charge >= 0.3 is 0 Å². The van der Waals surface area contributed by atoms with E-state index < -0.39 is 15.2 Å². The van der Waals surface area contributed by atoms with E-state index in [1.54, 1.807) is 48.5 Å². The van der Waals surface area contributed by atoms with Gasteiger partial charge in [0, 0.05) is 4.47 Å². The Balaban J connectivity index is 2.47. The zero-order valence-electron chi connectivity index (χ0n) is 11.3. The third-order valence-electron chi connectivity index (χ3n) is 3.05. The lowest BCUT2D eigenvalue weighted by molar-refractivity contribution is -0.109. The van der Waals surface area contributed by atoms with Gasteiger partial charge in [0.1, 0.15) is 0 Å². The molecule has 4 nitrogen and oxygen atoms in total. The molecule has 0 spiro atoms. The predicted octanol–water partition coefficient (Wildman–Crippen LogP) is 2.98. The highest BCUT2D eigenvalue weighted by atomic mass is 79.9. The number of aryl methyl sites for hydroxylation is 1. The van der Waals surface area contributed by atoms with E-state index in [4.69, 9.17) is 0 Å². The van der Waals surface area contributed by atoms with Crippen LogP contribution in [0.25, 0.3) is 0 Å². The standard InChI is InChI=1S/C15H14BrNO3S/c1-11-2-8-14(9-3-11)21(19,20)15(17-10-18)12-4-6-13(16)7-5-12/h2-10,15H,1H3,(H,17,18). The summed E-state index contributed by atoms with van der Waals surface area (Å²) in [6.07, 6.45) is 0.401. The summed E-state index contributed by atoms with van der Waals surface area (Å²) in [6, 6.07) is 13.3. The van der Waals surface area contributed by atoms with Gasteiger partial charge in [-0.3, -0.25) is 4.79 Å². The van der Waals surface area contributed by atoms with Crippen molar-refractivity contribution in [3.63, 3.8) is 0 Å². The van der Waals surface area contributed by atoms with E-state index in [0.29, 0.717) is 12.0 Å². The molecule has 110 valence electrons. The average Bonchev–Trinajstić information content (AvgIpc) is 2.46. The van der Waals surface area contributed by atoms with Crippen LogP contribution >= 0.6 is 15.9 Å². The number of nitrogens with one attached hydrogen (secondary N) is 1. The van der Waals surface area contributed by atoms with E-state index in [1.165, 1.54) is 0 Å². The Hall–Kier alpha value is -1.66. The first-order valence-corrected chi connectivity index (χ1v) is 8.55. The smallest absolute Gasteiger partial charge is 0.208 e. The summed E-state index contributed by atoms with van der Waals surface area (Å²) in [5, 5.41) is 1.28. The van der Waals surface area contributed by atoms with Crippen LogP contribution in [0.5, 0.6) is 0 Å². The van der Waals surface area contributed by atoms with Crippen LogP contribution in [0.15, 0.2) is 57.9 Å². The molecular weight excluding hydrogens is 354 g/mol.